The lowest BCUT2D eigenvalue weighted by Crippen LogP contribution is -2.26. The largest absolute Gasteiger partial charge is 0.352 e. The molecule has 0 aromatic heterocycles. The van der Waals surface area contributed by atoms with Crippen molar-refractivity contribution in [3.05, 3.63) is 65.5 Å². The van der Waals surface area contributed by atoms with Gasteiger partial charge >= 0.3 is 0 Å². The SMILES string of the molecule is CN(C)S(=O)(=O)c1cccc(C(=O)NCCCCc2ccccc2F)c1. The van der Waals surface area contributed by atoms with Crippen molar-refractivity contribution in [2.45, 2.75) is 24.2 Å². The van der Waals surface area contributed by atoms with E-state index in [2.05, 4.69) is 5.32 Å². The van der Waals surface area contributed by atoms with E-state index in [1.807, 2.05) is 0 Å². The number of sulfonamides is 1. The van der Waals surface area contributed by atoms with E-state index in [9.17, 15) is 17.6 Å². The molecule has 26 heavy (non-hydrogen) atoms. The lowest BCUT2D eigenvalue weighted by Gasteiger charge is -2.12. The molecule has 2 aromatic carbocycles. The molecule has 0 saturated carbocycles. The minimum absolute atomic E-state index is 0.0784. The van der Waals surface area contributed by atoms with E-state index in [0.29, 0.717) is 30.5 Å². The van der Waals surface area contributed by atoms with Gasteiger partial charge in [-0.1, -0.05) is 24.3 Å². The highest BCUT2D eigenvalue weighted by Crippen LogP contribution is 2.15. The number of benzene rings is 2. The van der Waals surface area contributed by atoms with Gasteiger partial charge in [-0.15, -0.1) is 0 Å². The topological polar surface area (TPSA) is 66.5 Å². The summed E-state index contributed by atoms with van der Waals surface area (Å²) in [4.78, 5) is 12.3. The molecule has 2 rings (SSSR count). The normalized spacial score (nSPS) is 11.5. The average Bonchev–Trinajstić information content (AvgIpc) is 2.62. The summed E-state index contributed by atoms with van der Waals surface area (Å²) in [5.41, 5.74) is 0.961. The highest BCUT2D eigenvalue weighted by Gasteiger charge is 2.18. The van der Waals surface area contributed by atoms with Crippen molar-refractivity contribution in [2.24, 2.45) is 0 Å². The van der Waals surface area contributed by atoms with Crippen LogP contribution in [0, 0.1) is 5.82 Å². The summed E-state index contributed by atoms with van der Waals surface area (Å²) < 4.78 is 38.9. The van der Waals surface area contributed by atoms with Crippen LogP contribution in [0.5, 0.6) is 0 Å². The van der Waals surface area contributed by atoms with Gasteiger partial charge in [-0.2, -0.15) is 0 Å². The van der Waals surface area contributed by atoms with E-state index in [1.54, 1.807) is 30.3 Å². The van der Waals surface area contributed by atoms with Gasteiger partial charge in [-0.3, -0.25) is 4.79 Å². The standard InChI is InChI=1S/C19H23FN2O3S/c1-22(2)26(24,25)17-11-7-10-16(14-17)19(23)21-13-6-5-9-15-8-3-4-12-18(15)20/h3-4,7-8,10-12,14H,5-6,9,13H2,1-2H3,(H,21,23). The van der Waals surface area contributed by atoms with E-state index < -0.39 is 10.0 Å². The van der Waals surface area contributed by atoms with Crippen molar-refractivity contribution in [3.63, 3.8) is 0 Å². The minimum Gasteiger partial charge on any atom is -0.352 e. The Morgan fingerprint density at radius 1 is 1.08 bits per heavy atom. The first kappa shape index (κ1) is 20.1. The highest BCUT2D eigenvalue weighted by molar-refractivity contribution is 7.89. The fraction of sp³-hybridized carbons (Fsp3) is 0.316. The number of nitrogens with one attached hydrogen (secondary N) is 1. The smallest absolute Gasteiger partial charge is 0.251 e. The fourth-order valence-electron chi connectivity index (χ4n) is 2.45. The van der Waals surface area contributed by atoms with Gasteiger partial charge in [-0.25, -0.2) is 17.1 Å². The zero-order valence-electron chi connectivity index (χ0n) is 14.9. The first-order chi connectivity index (χ1) is 12.3. The van der Waals surface area contributed by atoms with Gasteiger partial charge in [0.1, 0.15) is 5.82 Å². The minimum atomic E-state index is -3.58. The van der Waals surface area contributed by atoms with Crippen LogP contribution in [0.3, 0.4) is 0 Å². The zero-order valence-corrected chi connectivity index (χ0v) is 15.7. The van der Waals surface area contributed by atoms with Crippen LogP contribution >= 0.6 is 0 Å². The Hall–Kier alpha value is -2.25. The molecule has 1 N–H and O–H groups in total. The molecule has 0 fully saturated rings. The predicted octanol–water partition coefficient (Wildman–Crippen LogP) is 2.83. The van der Waals surface area contributed by atoms with Crippen LogP contribution in [-0.2, 0) is 16.4 Å². The zero-order chi connectivity index (χ0) is 19.2. The molecule has 0 aliphatic rings. The highest BCUT2D eigenvalue weighted by atomic mass is 32.2. The number of nitrogens with zero attached hydrogens (tertiary/aromatic N) is 1. The number of halogens is 1. The Morgan fingerprint density at radius 3 is 2.50 bits per heavy atom. The molecule has 0 saturated heterocycles. The van der Waals surface area contributed by atoms with Gasteiger partial charge in [0.15, 0.2) is 0 Å². The van der Waals surface area contributed by atoms with Crippen molar-refractivity contribution in [2.75, 3.05) is 20.6 Å². The Morgan fingerprint density at radius 2 is 1.81 bits per heavy atom. The number of carbonyl (C=O) groups is 1. The molecule has 7 heteroatoms. The Balaban J connectivity index is 1.86. The van der Waals surface area contributed by atoms with E-state index >= 15 is 0 Å². The molecule has 0 bridgehead atoms. The third-order valence-electron chi connectivity index (χ3n) is 3.99. The van der Waals surface area contributed by atoms with Crippen molar-refractivity contribution in [1.82, 2.24) is 9.62 Å². The van der Waals surface area contributed by atoms with Crippen LogP contribution in [0.25, 0.3) is 0 Å². The van der Waals surface area contributed by atoms with E-state index in [0.717, 1.165) is 10.7 Å². The average molecular weight is 378 g/mol. The Kier molecular flexibility index (Phi) is 6.88. The Bertz CT molecular complexity index is 867. The number of amides is 1. The number of hydrogen-bond acceptors (Lipinski definition) is 3. The van der Waals surface area contributed by atoms with Crippen LogP contribution in [0.15, 0.2) is 53.4 Å². The second-order valence-electron chi connectivity index (χ2n) is 6.12. The molecular formula is C19H23FN2O3S. The summed E-state index contributed by atoms with van der Waals surface area (Å²) in [5, 5.41) is 2.77. The second kappa shape index (κ2) is 8.91. The van der Waals surface area contributed by atoms with Crippen LogP contribution in [0.2, 0.25) is 0 Å². The molecule has 5 nitrogen and oxygen atoms in total. The fourth-order valence-corrected chi connectivity index (χ4v) is 3.40. The number of unbranched alkanes of at least 4 members (excludes halogenated alkanes) is 1. The van der Waals surface area contributed by atoms with Crippen LogP contribution in [-0.4, -0.2) is 39.3 Å². The van der Waals surface area contributed by atoms with Crippen LogP contribution in [0.1, 0.15) is 28.8 Å². The number of aryl methyl sites for hydroxylation is 1. The maximum atomic E-state index is 13.5. The third-order valence-corrected chi connectivity index (χ3v) is 5.80. The first-order valence-corrected chi connectivity index (χ1v) is 9.80. The summed E-state index contributed by atoms with van der Waals surface area (Å²) >= 11 is 0. The van der Waals surface area contributed by atoms with E-state index in [1.165, 1.54) is 32.3 Å². The van der Waals surface area contributed by atoms with Crippen molar-refractivity contribution in [3.8, 4) is 0 Å². The number of carbonyl (C=O) groups excluding carboxylic acids is 1. The van der Waals surface area contributed by atoms with Gasteiger partial charge < -0.3 is 5.32 Å². The second-order valence-corrected chi connectivity index (χ2v) is 8.27. The molecule has 0 heterocycles. The molecule has 0 aliphatic carbocycles. The van der Waals surface area contributed by atoms with Crippen molar-refractivity contribution >= 4 is 15.9 Å². The Labute approximate surface area is 153 Å². The molecule has 1 amide bonds. The predicted molar refractivity (Wildman–Crippen MR) is 99.0 cm³/mol. The molecule has 0 spiro atoms. The van der Waals surface area contributed by atoms with Crippen molar-refractivity contribution in [1.29, 1.82) is 0 Å². The van der Waals surface area contributed by atoms with Gasteiger partial charge in [0.05, 0.1) is 4.90 Å². The van der Waals surface area contributed by atoms with Gasteiger partial charge in [-0.05, 0) is 49.1 Å². The lowest BCUT2D eigenvalue weighted by atomic mass is 10.1. The first-order valence-electron chi connectivity index (χ1n) is 8.36. The van der Waals surface area contributed by atoms with E-state index in [4.69, 9.17) is 0 Å². The molecule has 0 atom stereocenters. The molecule has 0 radical (unpaired) electrons. The van der Waals surface area contributed by atoms with Crippen LogP contribution < -0.4 is 5.32 Å². The van der Waals surface area contributed by atoms with E-state index in [-0.39, 0.29) is 16.6 Å². The maximum absolute atomic E-state index is 13.5. The summed E-state index contributed by atoms with van der Waals surface area (Å²) in [5.74, 6) is -0.540. The van der Waals surface area contributed by atoms with Gasteiger partial charge in [0.2, 0.25) is 10.0 Å². The third kappa shape index (κ3) is 5.12. The summed E-state index contributed by atoms with van der Waals surface area (Å²) in [6.45, 7) is 0.442. The van der Waals surface area contributed by atoms with Gasteiger partial charge in [0.25, 0.3) is 5.91 Å². The molecule has 140 valence electrons. The van der Waals surface area contributed by atoms with Crippen molar-refractivity contribution < 1.29 is 17.6 Å². The lowest BCUT2D eigenvalue weighted by molar-refractivity contribution is 0.0953. The number of rotatable bonds is 8. The van der Waals surface area contributed by atoms with Gasteiger partial charge in [0, 0.05) is 26.2 Å². The molecular weight excluding hydrogens is 355 g/mol. The summed E-state index contributed by atoms with van der Waals surface area (Å²) in [6.07, 6.45) is 2.06. The monoisotopic (exact) mass is 378 g/mol. The summed E-state index contributed by atoms with van der Waals surface area (Å²) in [6, 6.07) is 12.6. The quantitative estimate of drug-likeness (QED) is 0.719. The molecule has 0 aliphatic heterocycles. The summed E-state index contributed by atoms with van der Waals surface area (Å²) in [7, 11) is -0.695. The number of hydrogen-bond donors (Lipinski definition) is 1. The molecule has 2 aromatic rings. The molecule has 0 unspecified atom stereocenters. The van der Waals surface area contributed by atoms with Crippen LogP contribution in [0.4, 0.5) is 4.39 Å². The maximum Gasteiger partial charge on any atom is 0.251 e.